The number of aromatic nitrogens is 1. The lowest BCUT2D eigenvalue weighted by molar-refractivity contribution is 0.102. The summed E-state index contributed by atoms with van der Waals surface area (Å²) in [5.74, 6) is -1.11. The highest BCUT2D eigenvalue weighted by Crippen LogP contribution is 2.17. The van der Waals surface area contributed by atoms with Gasteiger partial charge in [0, 0.05) is 25.4 Å². The van der Waals surface area contributed by atoms with E-state index in [1.165, 1.54) is 6.20 Å². The number of anilines is 2. The predicted molar refractivity (Wildman–Crippen MR) is 81.6 cm³/mol. The van der Waals surface area contributed by atoms with E-state index in [-0.39, 0.29) is 11.3 Å². The van der Waals surface area contributed by atoms with Gasteiger partial charge in [-0.05, 0) is 24.3 Å². The number of hydrogen-bond donors (Lipinski definition) is 1. The van der Waals surface area contributed by atoms with Crippen molar-refractivity contribution in [3.63, 3.8) is 0 Å². The molecule has 0 unspecified atom stereocenters. The lowest BCUT2D eigenvalue weighted by atomic mass is 10.2. The zero-order valence-corrected chi connectivity index (χ0v) is 12.3. The highest BCUT2D eigenvalue weighted by molar-refractivity contribution is 6.04. The average molecular weight is 319 g/mol. The summed E-state index contributed by atoms with van der Waals surface area (Å²) >= 11 is 0. The monoisotopic (exact) mass is 319 g/mol. The van der Waals surface area contributed by atoms with Gasteiger partial charge in [-0.1, -0.05) is 0 Å². The quantitative estimate of drug-likeness (QED) is 0.944. The lowest BCUT2D eigenvalue weighted by Crippen LogP contribution is -2.36. The minimum atomic E-state index is -0.697. The highest BCUT2D eigenvalue weighted by Gasteiger charge is 2.14. The minimum absolute atomic E-state index is 0.202. The number of benzene rings is 1. The maximum absolute atomic E-state index is 13.5. The topological polar surface area (TPSA) is 54.5 Å². The van der Waals surface area contributed by atoms with E-state index in [1.54, 1.807) is 12.1 Å². The number of carbonyl (C=O) groups is 1. The van der Waals surface area contributed by atoms with Gasteiger partial charge < -0.3 is 15.0 Å². The fourth-order valence-electron chi connectivity index (χ4n) is 2.29. The van der Waals surface area contributed by atoms with Crippen LogP contribution >= 0.6 is 0 Å². The molecule has 0 atom stereocenters. The number of ether oxygens (including phenoxy) is 1. The Hall–Kier alpha value is -2.54. The summed E-state index contributed by atoms with van der Waals surface area (Å²) < 4.78 is 31.9. The van der Waals surface area contributed by atoms with E-state index >= 15 is 0 Å². The Kier molecular flexibility index (Phi) is 4.47. The van der Waals surface area contributed by atoms with Crippen molar-refractivity contribution in [1.82, 2.24) is 4.98 Å². The third-order valence-electron chi connectivity index (χ3n) is 3.52. The first-order chi connectivity index (χ1) is 11.1. The van der Waals surface area contributed by atoms with E-state index in [1.807, 2.05) is 0 Å². The molecular weight excluding hydrogens is 304 g/mol. The molecule has 23 heavy (non-hydrogen) atoms. The summed E-state index contributed by atoms with van der Waals surface area (Å²) in [7, 11) is 0. The van der Waals surface area contributed by atoms with Gasteiger partial charge in [0.2, 0.25) is 0 Å². The van der Waals surface area contributed by atoms with Crippen LogP contribution in [-0.2, 0) is 4.74 Å². The Morgan fingerprint density at radius 3 is 2.65 bits per heavy atom. The van der Waals surface area contributed by atoms with Crippen LogP contribution < -0.4 is 10.2 Å². The van der Waals surface area contributed by atoms with E-state index in [4.69, 9.17) is 4.74 Å². The molecule has 0 spiro atoms. The second-order valence-corrected chi connectivity index (χ2v) is 5.08. The molecule has 2 aromatic rings. The maximum Gasteiger partial charge on any atom is 0.257 e. The van der Waals surface area contributed by atoms with Gasteiger partial charge >= 0.3 is 0 Å². The molecule has 3 rings (SSSR count). The molecule has 0 saturated carbocycles. The molecule has 0 aliphatic carbocycles. The highest BCUT2D eigenvalue weighted by atomic mass is 19.1. The van der Waals surface area contributed by atoms with E-state index in [2.05, 4.69) is 15.2 Å². The summed E-state index contributed by atoms with van der Waals surface area (Å²) in [5, 5.41) is 2.34. The Labute approximate surface area is 131 Å². The number of nitrogens with one attached hydrogen (secondary N) is 1. The van der Waals surface area contributed by atoms with Crippen LogP contribution in [0.25, 0.3) is 0 Å². The van der Waals surface area contributed by atoms with Crippen LogP contribution in [0, 0.1) is 11.6 Å². The van der Waals surface area contributed by atoms with E-state index in [0.29, 0.717) is 13.2 Å². The SMILES string of the molecule is O=C(Nc1cc(F)ccc1F)c1ccc(N2CCOCC2)nc1. The molecule has 1 amide bonds. The van der Waals surface area contributed by atoms with Gasteiger partial charge in [0.15, 0.2) is 0 Å². The van der Waals surface area contributed by atoms with Gasteiger partial charge in [0.25, 0.3) is 5.91 Å². The molecule has 1 aromatic heterocycles. The average Bonchev–Trinajstić information content (AvgIpc) is 2.59. The number of halogens is 2. The minimum Gasteiger partial charge on any atom is -0.378 e. The molecule has 5 nitrogen and oxygen atoms in total. The summed E-state index contributed by atoms with van der Waals surface area (Å²) in [6, 6.07) is 6.21. The summed E-state index contributed by atoms with van der Waals surface area (Å²) in [6.07, 6.45) is 1.41. The molecule has 2 heterocycles. The zero-order chi connectivity index (χ0) is 16.2. The van der Waals surface area contributed by atoms with Crippen molar-refractivity contribution < 1.29 is 18.3 Å². The van der Waals surface area contributed by atoms with E-state index in [9.17, 15) is 13.6 Å². The van der Waals surface area contributed by atoms with Gasteiger partial charge in [-0.15, -0.1) is 0 Å². The van der Waals surface area contributed by atoms with Crippen LogP contribution in [0.15, 0.2) is 36.5 Å². The summed E-state index contributed by atoms with van der Waals surface area (Å²) in [6.45, 7) is 2.77. The number of carbonyl (C=O) groups excluding carboxylic acids is 1. The standard InChI is InChI=1S/C16H15F2N3O2/c17-12-2-3-13(18)14(9-12)20-16(22)11-1-4-15(19-10-11)21-5-7-23-8-6-21/h1-4,9-10H,5-8H2,(H,20,22). The molecule has 1 aliphatic heterocycles. The molecule has 0 bridgehead atoms. The van der Waals surface area contributed by atoms with Crippen LogP contribution in [0.2, 0.25) is 0 Å². The third-order valence-corrected chi connectivity index (χ3v) is 3.52. The Morgan fingerprint density at radius 2 is 1.96 bits per heavy atom. The first kappa shape index (κ1) is 15.4. The van der Waals surface area contributed by atoms with Crippen molar-refractivity contribution in [1.29, 1.82) is 0 Å². The number of amides is 1. The Bertz CT molecular complexity index is 701. The number of pyridine rings is 1. The number of rotatable bonds is 3. The summed E-state index contributed by atoms with van der Waals surface area (Å²) in [4.78, 5) is 18.4. The van der Waals surface area contributed by atoms with Crippen LogP contribution in [-0.4, -0.2) is 37.2 Å². The second-order valence-electron chi connectivity index (χ2n) is 5.08. The number of nitrogens with zero attached hydrogens (tertiary/aromatic N) is 2. The van der Waals surface area contributed by atoms with Crippen LogP contribution in [0.5, 0.6) is 0 Å². The van der Waals surface area contributed by atoms with Gasteiger partial charge in [-0.2, -0.15) is 0 Å². The second kappa shape index (κ2) is 6.70. The van der Waals surface area contributed by atoms with Crippen LogP contribution in [0.3, 0.4) is 0 Å². The van der Waals surface area contributed by atoms with Gasteiger partial charge in [-0.3, -0.25) is 4.79 Å². The molecule has 1 N–H and O–H groups in total. The van der Waals surface area contributed by atoms with Gasteiger partial charge in [-0.25, -0.2) is 13.8 Å². The molecule has 1 aliphatic rings. The maximum atomic E-state index is 13.5. The van der Waals surface area contributed by atoms with Crippen molar-refractivity contribution in [2.24, 2.45) is 0 Å². The molecule has 7 heteroatoms. The first-order valence-electron chi connectivity index (χ1n) is 7.18. The Morgan fingerprint density at radius 1 is 1.17 bits per heavy atom. The fraction of sp³-hybridized carbons (Fsp3) is 0.250. The van der Waals surface area contributed by atoms with Gasteiger partial charge in [0.05, 0.1) is 24.5 Å². The molecule has 1 saturated heterocycles. The van der Waals surface area contributed by atoms with Crippen LogP contribution in [0.1, 0.15) is 10.4 Å². The van der Waals surface area contributed by atoms with Crippen LogP contribution in [0.4, 0.5) is 20.3 Å². The zero-order valence-electron chi connectivity index (χ0n) is 12.3. The normalized spacial score (nSPS) is 14.6. The molecule has 1 aromatic carbocycles. The van der Waals surface area contributed by atoms with E-state index < -0.39 is 17.5 Å². The smallest absolute Gasteiger partial charge is 0.257 e. The molecule has 1 fully saturated rings. The lowest BCUT2D eigenvalue weighted by Gasteiger charge is -2.27. The van der Waals surface area contributed by atoms with Crippen molar-refractivity contribution in [2.45, 2.75) is 0 Å². The van der Waals surface area contributed by atoms with Crippen molar-refractivity contribution in [3.05, 3.63) is 53.7 Å². The van der Waals surface area contributed by atoms with E-state index in [0.717, 1.165) is 37.1 Å². The first-order valence-corrected chi connectivity index (χ1v) is 7.18. The molecule has 0 radical (unpaired) electrons. The van der Waals surface area contributed by atoms with Gasteiger partial charge in [0.1, 0.15) is 17.5 Å². The fourth-order valence-corrected chi connectivity index (χ4v) is 2.29. The van der Waals surface area contributed by atoms with Crippen molar-refractivity contribution >= 4 is 17.4 Å². The Balaban J connectivity index is 1.71. The third kappa shape index (κ3) is 3.62. The van der Waals surface area contributed by atoms with Crippen molar-refractivity contribution in [2.75, 3.05) is 36.5 Å². The van der Waals surface area contributed by atoms with Crippen molar-refractivity contribution in [3.8, 4) is 0 Å². The molecular formula is C16H15F2N3O2. The number of hydrogen-bond acceptors (Lipinski definition) is 4. The molecule has 120 valence electrons. The summed E-state index contributed by atoms with van der Waals surface area (Å²) in [5.41, 5.74) is 0.0675. The largest absolute Gasteiger partial charge is 0.378 e. The predicted octanol–water partition coefficient (Wildman–Crippen LogP) is 2.45. The number of morpholine rings is 1.